The minimum absolute atomic E-state index is 0.0368. The Kier molecular flexibility index (Phi) is 5.19. The molecular formula is C17H17N3O4S2. The Morgan fingerprint density at radius 2 is 1.88 bits per heavy atom. The molecule has 1 aliphatic heterocycles. The Hall–Kier alpha value is -2.52. The van der Waals surface area contributed by atoms with Crippen LogP contribution in [0.5, 0.6) is 0 Å². The average Bonchev–Trinajstić information content (AvgIpc) is 3.01. The van der Waals surface area contributed by atoms with Gasteiger partial charge in [0.2, 0.25) is 11.8 Å². The predicted octanol–water partition coefficient (Wildman–Crippen LogP) is 2.31. The summed E-state index contributed by atoms with van der Waals surface area (Å²) in [5.41, 5.74) is 1.75. The monoisotopic (exact) mass is 391 g/mol. The molecule has 0 bridgehead atoms. The first kappa shape index (κ1) is 18.3. The minimum atomic E-state index is -3.77. The zero-order valence-electron chi connectivity index (χ0n) is 13.9. The van der Waals surface area contributed by atoms with E-state index in [1.807, 2.05) is 6.07 Å². The highest BCUT2D eigenvalue weighted by Gasteiger charge is 2.23. The highest BCUT2D eigenvalue weighted by Crippen LogP contribution is 2.32. The maximum atomic E-state index is 12.5. The highest BCUT2D eigenvalue weighted by atomic mass is 32.2. The molecule has 0 spiro atoms. The zero-order valence-corrected chi connectivity index (χ0v) is 15.5. The van der Waals surface area contributed by atoms with Crippen molar-refractivity contribution in [2.24, 2.45) is 0 Å². The van der Waals surface area contributed by atoms with Crippen LogP contribution in [-0.2, 0) is 19.6 Å². The third-order valence-corrected chi connectivity index (χ3v) is 6.15. The largest absolute Gasteiger partial charge is 0.339 e. The smallest absolute Gasteiger partial charge is 0.261 e. The number of amides is 2. The number of rotatable bonds is 5. The minimum Gasteiger partial charge on any atom is -0.339 e. The van der Waals surface area contributed by atoms with E-state index in [0.717, 1.165) is 5.56 Å². The zero-order chi connectivity index (χ0) is 18.7. The van der Waals surface area contributed by atoms with Crippen LogP contribution in [0.3, 0.4) is 0 Å². The van der Waals surface area contributed by atoms with Gasteiger partial charge < -0.3 is 10.6 Å². The van der Waals surface area contributed by atoms with Gasteiger partial charge in [0.25, 0.3) is 10.0 Å². The Morgan fingerprint density at radius 3 is 2.50 bits per heavy atom. The summed E-state index contributed by atoms with van der Waals surface area (Å²) in [6, 6.07) is 12.8. The summed E-state index contributed by atoms with van der Waals surface area (Å²) < 4.78 is 27.6. The summed E-state index contributed by atoms with van der Waals surface area (Å²) >= 11 is 1.46. The molecule has 1 atom stereocenters. The van der Waals surface area contributed by atoms with E-state index >= 15 is 0 Å². The molecule has 26 heavy (non-hydrogen) atoms. The first-order valence-electron chi connectivity index (χ1n) is 7.75. The third kappa shape index (κ3) is 4.36. The van der Waals surface area contributed by atoms with Crippen LogP contribution >= 0.6 is 11.8 Å². The molecular weight excluding hydrogens is 374 g/mol. The Morgan fingerprint density at radius 1 is 1.15 bits per heavy atom. The van der Waals surface area contributed by atoms with Crippen molar-refractivity contribution >= 4 is 45.0 Å². The van der Waals surface area contributed by atoms with Gasteiger partial charge in [-0.2, -0.15) is 0 Å². The van der Waals surface area contributed by atoms with Crippen LogP contribution in [0.15, 0.2) is 53.4 Å². The molecule has 2 aromatic carbocycles. The Balaban J connectivity index is 1.77. The quantitative estimate of drug-likeness (QED) is 0.726. The average molecular weight is 391 g/mol. The second-order valence-electron chi connectivity index (χ2n) is 5.70. The molecule has 3 rings (SSSR count). The summed E-state index contributed by atoms with van der Waals surface area (Å²) in [6.07, 6.45) is 0. The second-order valence-corrected chi connectivity index (χ2v) is 8.47. The summed E-state index contributed by atoms with van der Waals surface area (Å²) in [5, 5.41) is 5.23. The summed E-state index contributed by atoms with van der Waals surface area (Å²) in [7, 11) is -3.77. The van der Waals surface area contributed by atoms with E-state index < -0.39 is 10.0 Å². The van der Waals surface area contributed by atoms with Crippen LogP contribution in [0.2, 0.25) is 0 Å². The molecule has 3 N–H and O–H groups in total. The van der Waals surface area contributed by atoms with Crippen LogP contribution in [0.25, 0.3) is 0 Å². The number of hydrogen-bond acceptors (Lipinski definition) is 5. The van der Waals surface area contributed by atoms with Crippen LogP contribution in [0, 0.1) is 0 Å². The molecule has 0 aliphatic carbocycles. The Bertz CT molecular complexity index is 943. The maximum absolute atomic E-state index is 12.5. The molecule has 7 nitrogen and oxygen atoms in total. The molecule has 2 aromatic rings. The molecule has 1 unspecified atom stereocenters. The molecule has 9 heteroatoms. The molecule has 1 aliphatic rings. The van der Waals surface area contributed by atoms with Crippen molar-refractivity contribution in [3.05, 3.63) is 54.1 Å². The van der Waals surface area contributed by atoms with Gasteiger partial charge in [0.15, 0.2) is 0 Å². The van der Waals surface area contributed by atoms with E-state index in [1.54, 1.807) is 18.2 Å². The van der Waals surface area contributed by atoms with Gasteiger partial charge in [0.05, 0.1) is 10.6 Å². The number of nitrogens with one attached hydrogen (secondary N) is 3. The van der Waals surface area contributed by atoms with Crippen LogP contribution in [0.1, 0.15) is 17.9 Å². The van der Waals surface area contributed by atoms with Gasteiger partial charge in [-0.05, 0) is 42.0 Å². The van der Waals surface area contributed by atoms with Crippen LogP contribution in [-0.4, -0.2) is 26.0 Å². The number of anilines is 2. The van der Waals surface area contributed by atoms with Crippen molar-refractivity contribution in [3.8, 4) is 0 Å². The van der Waals surface area contributed by atoms with Crippen molar-refractivity contribution < 1.29 is 18.0 Å². The fraction of sp³-hybridized carbons (Fsp3) is 0.176. The summed E-state index contributed by atoms with van der Waals surface area (Å²) in [5.74, 6) is 0.124. The van der Waals surface area contributed by atoms with Gasteiger partial charge >= 0.3 is 0 Å². The molecule has 2 amide bonds. The maximum Gasteiger partial charge on any atom is 0.261 e. The first-order chi connectivity index (χ1) is 12.3. The Labute approximate surface area is 155 Å². The third-order valence-electron chi connectivity index (χ3n) is 3.60. The van der Waals surface area contributed by atoms with E-state index in [4.69, 9.17) is 0 Å². The lowest BCUT2D eigenvalue weighted by atomic mass is 10.2. The van der Waals surface area contributed by atoms with Crippen LogP contribution in [0.4, 0.5) is 11.4 Å². The topological polar surface area (TPSA) is 104 Å². The van der Waals surface area contributed by atoms with E-state index in [1.165, 1.54) is 43.0 Å². The fourth-order valence-electron chi connectivity index (χ4n) is 2.47. The number of carbonyl (C=O) groups excluding carboxylic acids is 2. The number of benzene rings is 2. The molecule has 136 valence electrons. The van der Waals surface area contributed by atoms with Crippen molar-refractivity contribution in [1.82, 2.24) is 5.32 Å². The van der Waals surface area contributed by atoms with E-state index in [-0.39, 0.29) is 22.1 Å². The predicted molar refractivity (Wildman–Crippen MR) is 101 cm³/mol. The number of sulfonamides is 1. The van der Waals surface area contributed by atoms with Gasteiger partial charge in [-0.25, -0.2) is 8.42 Å². The molecule has 0 aromatic heterocycles. The first-order valence-corrected chi connectivity index (χ1v) is 10.3. The van der Waals surface area contributed by atoms with Gasteiger partial charge in [-0.15, -0.1) is 11.8 Å². The fourth-order valence-corrected chi connectivity index (χ4v) is 4.47. The summed E-state index contributed by atoms with van der Waals surface area (Å²) in [6.45, 7) is 1.38. The van der Waals surface area contributed by atoms with E-state index in [0.29, 0.717) is 17.1 Å². The molecule has 1 saturated heterocycles. The SMILES string of the molecule is CC(=O)Nc1ccc(S(=O)(=O)Nc2cccc(C3NC(=O)CS3)c2)cc1. The van der Waals surface area contributed by atoms with E-state index in [2.05, 4.69) is 15.4 Å². The molecule has 1 fully saturated rings. The standard InChI is InChI=1S/C17H17N3O4S2/c1-11(21)18-13-5-7-15(8-6-13)26(23,24)20-14-4-2-3-12(9-14)17-19-16(22)10-25-17/h2-9,17,20H,10H2,1H3,(H,18,21)(H,19,22). The van der Waals surface area contributed by atoms with Gasteiger partial charge in [0, 0.05) is 18.3 Å². The van der Waals surface area contributed by atoms with Crippen molar-refractivity contribution in [2.75, 3.05) is 15.8 Å². The lowest BCUT2D eigenvalue weighted by Gasteiger charge is -2.13. The van der Waals surface area contributed by atoms with Crippen molar-refractivity contribution in [3.63, 3.8) is 0 Å². The van der Waals surface area contributed by atoms with Crippen molar-refractivity contribution in [2.45, 2.75) is 17.2 Å². The summed E-state index contributed by atoms with van der Waals surface area (Å²) in [4.78, 5) is 22.5. The number of hydrogen-bond donors (Lipinski definition) is 3. The van der Waals surface area contributed by atoms with Crippen molar-refractivity contribution in [1.29, 1.82) is 0 Å². The molecule has 0 saturated carbocycles. The molecule has 1 heterocycles. The highest BCUT2D eigenvalue weighted by molar-refractivity contribution is 8.00. The van der Waals surface area contributed by atoms with Gasteiger partial charge in [-0.3, -0.25) is 14.3 Å². The van der Waals surface area contributed by atoms with Gasteiger partial charge in [-0.1, -0.05) is 12.1 Å². The van der Waals surface area contributed by atoms with E-state index in [9.17, 15) is 18.0 Å². The number of carbonyl (C=O) groups is 2. The normalized spacial score (nSPS) is 16.8. The molecule has 0 radical (unpaired) electrons. The van der Waals surface area contributed by atoms with Crippen LogP contribution < -0.4 is 15.4 Å². The van der Waals surface area contributed by atoms with Gasteiger partial charge in [0.1, 0.15) is 5.37 Å². The second kappa shape index (κ2) is 7.38. The number of thioether (sulfide) groups is 1. The lowest BCUT2D eigenvalue weighted by Crippen LogP contribution is -2.19. The lowest BCUT2D eigenvalue weighted by molar-refractivity contribution is -0.118.